The van der Waals surface area contributed by atoms with Crippen LogP contribution >= 0.6 is 0 Å². The highest BCUT2D eigenvalue weighted by Gasteiger charge is 2.32. The van der Waals surface area contributed by atoms with Gasteiger partial charge in [0.2, 0.25) is 0 Å². The van der Waals surface area contributed by atoms with E-state index in [0.717, 1.165) is 31.6 Å². The fourth-order valence-electron chi connectivity index (χ4n) is 2.70. The molecule has 1 amide bonds. The summed E-state index contributed by atoms with van der Waals surface area (Å²) in [5, 5.41) is 7.11. The Balaban J connectivity index is 1.73. The van der Waals surface area contributed by atoms with E-state index in [1.54, 1.807) is 0 Å². The van der Waals surface area contributed by atoms with Crippen molar-refractivity contribution in [3.8, 4) is 0 Å². The van der Waals surface area contributed by atoms with Crippen LogP contribution in [0.1, 0.15) is 61.1 Å². The van der Waals surface area contributed by atoms with Crippen molar-refractivity contribution in [1.29, 1.82) is 0 Å². The standard InChI is InChI=1S/C14H22N4O/c1-2-18(8-9-4-3-5-9)14(19)13-11(15)12(16-17-13)10-6-7-10/h9-10H,2-8,15H2,1H3,(H,16,17). The number of carbonyl (C=O) groups is 1. The average molecular weight is 262 g/mol. The summed E-state index contributed by atoms with van der Waals surface area (Å²) in [6.45, 7) is 3.59. The highest BCUT2D eigenvalue weighted by Crippen LogP contribution is 2.42. The van der Waals surface area contributed by atoms with Crippen LogP contribution in [0.25, 0.3) is 0 Å². The van der Waals surface area contributed by atoms with Gasteiger partial charge in [-0.25, -0.2) is 0 Å². The zero-order valence-electron chi connectivity index (χ0n) is 11.5. The van der Waals surface area contributed by atoms with Crippen molar-refractivity contribution in [2.75, 3.05) is 18.8 Å². The molecule has 5 heteroatoms. The van der Waals surface area contributed by atoms with Gasteiger partial charge >= 0.3 is 0 Å². The van der Waals surface area contributed by atoms with Crippen molar-refractivity contribution in [3.63, 3.8) is 0 Å². The molecule has 0 atom stereocenters. The van der Waals surface area contributed by atoms with Gasteiger partial charge in [0.1, 0.15) is 0 Å². The Hall–Kier alpha value is -1.52. The number of hydrogen-bond acceptors (Lipinski definition) is 3. The van der Waals surface area contributed by atoms with Crippen LogP contribution in [0.5, 0.6) is 0 Å². The molecule has 0 radical (unpaired) electrons. The maximum Gasteiger partial charge on any atom is 0.276 e. The number of aromatic amines is 1. The predicted molar refractivity (Wildman–Crippen MR) is 73.9 cm³/mol. The van der Waals surface area contributed by atoms with Gasteiger partial charge in [0, 0.05) is 19.0 Å². The van der Waals surface area contributed by atoms with Gasteiger partial charge in [-0.1, -0.05) is 6.42 Å². The summed E-state index contributed by atoms with van der Waals surface area (Å²) < 4.78 is 0. The zero-order valence-corrected chi connectivity index (χ0v) is 11.5. The molecule has 2 saturated carbocycles. The summed E-state index contributed by atoms with van der Waals surface area (Å²) in [5.74, 6) is 1.15. The minimum Gasteiger partial charge on any atom is -0.395 e. The van der Waals surface area contributed by atoms with Gasteiger partial charge < -0.3 is 10.6 Å². The highest BCUT2D eigenvalue weighted by atomic mass is 16.2. The van der Waals surface area contributed by atoms with E-state index in [0.29, 0.717) is 23.2 Å². The molecule has 2 aliphatic carbocycles. The lowest BCUT2D eigenvalue weighted by atomic mass is 9.85. The summed E-state index contributed by atoms with van der Waals surface area (Å²) in [6.07, 6.45) is 6.09. The lowest BCUT2D eigenvalue weighted by molar-refractivity contribution is 0.0701. The Morgan fingerprint density at radius 3 is 2.68 bits per heavy atom. The molecule has 2 aliphatic rings. The second-order valence-electron chi connectivity index (χ2n) is 5.81. The molecular weight excluding hydrogens is 240 g/mol. The SMILES string of the molecule is CCN(CC1CCC1)C(=O)c1n[nH]c(C2CC2)c1N. The maximum atomic E-state index is 12.5. The van der Waals surface area contributed by atoms with Gasteiger partial charge in [-0.3, -0.25) is 9.89 Å². The number of hydrogen-bond donors (Lipinski definition) is 2. The number of anilines is 1. The number of nitrogen functional groups attached to an aromatic ring is 1. The largest absolute Gasteiger partial charge is 0.395 e. The molecule has 0 spiro atoms. The van der Waals surface area contributed by atoms with Gasteiger partial charge in [-0.05, 0) is 38.5 Å². The Labute approximate surface area is 113 Å². The average Bonchev–Trinajstić information content (AvgIpc) is 3.11. The van der Waals surface area contributed by atoms with E-state index in [9.17, 15) is 4.79 Å². The number of H-pyrrole nitrogens is 1. The molecule has 0 unspecified atom stereocenters. The molecular formula is C14H22N4O. The van der Waals surface area contributed by atoms with Crippen LogP contribution in [0, 0.1) is 5.92 Å². The molecule has 19 heavy (non-hydrogen) atoms. The van der Waals surface area contributed by atoms with Gasteiger partial charge in [0.05, 0.1) is 11.4 Å². The first kappa shape index (κ1) is 12.5. The van der Waals surface area contributed by atoms with Crippen LogP contribution in [-0.4, -0.2) is 34.1 Å². The first-order valence-electron chi connectivity index (χ1n) is 7.33. The van der Waals surface area contributed by atoms with Gasteiger partial charge in [0.25, 0.3) is 5.91 Å². The van der Waals surface area contributed by atoms with Crippen LogP contribution in [0.4, 0.5) is 5.69 Å². The molecule has 1 aromatic rings. The van der Waals surface area contributed by atoms with Crippen molar-refractivity contribution in [3.05, 3.63) is 11.4 Å². The van der Waals surface area contributed by atoms with Crippen molar-refractivity contribution in [2.24, 2.45) is 5.92 Å². The number of nitrogens with zero attached hydrogens (tertiary/aromatic N) is 2. The molecule has 0 saturated heterocycles. The maximum absolute atomic E-state index is 12.5. The Kier molecular flexibility index (Phi) is 3.21. The number of amides is 1. The van der Waals surface area contributed by atoms with Gasteiger partial charge in [0.15, 0.2) is 5.69 Å². The number of nitrogens with two attached hydrogens (primary N) is 1. The quantitative estimate of drug-likeness (QED) is 0.853. The molecule has 1 heterocycles. The van der Waals surface area contributed by atoms with Crippen LogP contribution in [0.15, 0.2) is 0 Å². The monoisotopic (exact) mass is 262 g/mol. The highest BCUT2D eigenvalue weighted by molar-refractivity contribution is 5.97. The minimum atomic E-state index is -0.0185. The summed E-state index contributed by atoms with van der Waals surface area (Å²) >= 11 is 0. The van der Waals surface area contributed by atoms with E-state index in [1.807, 2.05) is 11.8 Å². The van der Waals surface area contributed by atoms with E-state index in [2.05, 4.69) is 10.2 Å². The number of carbonyl (C=O) groups excluding carboxylic acids is 1. The first-order chi connectivity index (χ1) is 9.20. The summed E-state index contributed by atoms with van der Waals surface area (Å²) in [6, 6.07) is 0. The smallest absolute Gasteiger partial charge is 0.276 e. The molecule has 2 fully saturated rings. The van der Waals surface area contributed by atoms with E-state index >= 15 is 0 Å². The lowest BCUT2D eigenvalue weighted by Crippen LogP contribution is -2.37. The lowest BCUT2D eigenvalue weighted by Gasteiger charge is -2.31. The molecule has 3 N–H and O–H groups in total. The van der Waals surface area contributed by atoms with Crippen LogP contribution in [-0.2, 0) is 0 Å². The first-order valence-corrected chi connectivity index (χ1v) is 7.33. The third-order valence-electron chi connectivity index (χ3n) is 4.39. The molecule has 0 aliphatic heterocycles. The van der Waals surface area contributed by atoms with Crippen molar-refractivity contribution in [2.45, 2.75) is 44.9 Å². The summed E-state index contributed by atoms with van der Waals surface area (Å²) in [4.78, 5) is 14.4. The zero-order chi connectivity index (χ0) is 13.4. The van der Waals surface area contributed by atoms with Crippen LogP contribution in [0.3, 0.4) is 0 Å². The number of nitrogens with one attached hydrogen (secondary N) is 1. The Morgan fingerprint density at radius 1 is 1.42 bits per heavy atom. The summed E-state index contributed by atoms with van der Waals surface area (Å²) in [5.41, 5.74) is 8.02. The fourth-order valence-corrected chi connectivity index (χ4v) is 2.70. The second kappa shape index (κ2) is 4.87. The number of rotatable bonds is 5. The molecule has 0 bridgehead atoms. The third kappa shape index (κ3) is 2.33. The van der Waals surface area contributed by atoms with Crippen LogP contribution in [0.2, 0.25) is 0 Å². The van der Waals surface area contributed by atoms with E-state index in [-0.39, 0.29) is 5.91 Å². The molecule has 3 rings (SSSR count). The van der Waals surface area contributed by atoms with Crippen molar-refractivity contribution in [1.82, 2.24) is 15.1 Å². The van der Waals surface area contributed by atoms with Gasteiger partial charge in [-0.2, -0.15) is 5.10 Å². The predicted octanol–water partition coefficient (Wildman–Crippen LogP) is 2.13. The van der Waals surface area contributed by atoms with E-state index in [1.165, 1.54) is 19.3 Å². The second-order valence-corrected chi connectivity index (χ2v) is 5.81. The normalized spacial score (nSPS) is 19.2. The third-order valence-corrected chi connectivity index (χ3v) is 4.39. The number of aromatic nitrogens is 2. The molecule has 1 aromatic heterocycles. The topological polar surface area (TPSA) is 75.0 Å². The minimum absolute atomic E-state index is 0.0185. The fraction of sp³-hybridized carbons (Fsp3) is 0.714. The van der Waals surface area contributed by atoms with Crippen molar-refractivity contribution < 1.29 is 4.79 Å². The van der Waals surface area contributed by atoms with E-state index in [4.69, 9.17) is 5.73 Å². The summed E-state index contributed by atoms with van der Waals surface area (Å²) in [7, 11) is 0. The van der Waals surface area contributed by atoms with E-state index < -0.39 is 0 Å². The van der Waals surface area contributed by atoms with Crippen molar-refractivity contribution >= 4 is 11.6 Å². The van der Waals surface area contributed by atoms with Crippen LogP contribution < -0.4 is 5.73 Å². The van der Waals surface area contributed by atoms with Gasteiger partial charge in [-0.15, -0.1) is 0 Å². The Bertz CT molecular complexity index is 474. The molecule has 0 aromatic carbocycles. The molecule has 104 valence electrons. The molecule has 5 nitrogen and oxygen atoms in total. The Morgan fingerprint density at radius 2 is 2.16 bits per heavy atom.